The van der Waals surface area contributed by atoms with Crippen LogP contribution < -0.4 is 11.3 Å². The molecule has 0 saturated carbocycles. The number of nitrogen functional groups attached to an aromatic ring is 1. The first-order chi connectivity index (χ1) is 9.08. The van der Waals surface area contributed by atoms with Crippen LogP contribution in [0.4, 0.5) is 5.82 Å². The molecule has 0 atom stereocenters. The molecule has 0 spiro atoms. The van der Waals surface area contributed by atoms with E-state index in [0.29, 0.717) is 18.1 Å². The number of nitrogens with two attached hydrogens (primary N) is 1. The summed E-state index contributed by atoms with van der Waals surface area (Å²) in [5.74, 6) is 0.452. The number of hydrogen-bond acceptors (Lipinski definition) is 6. The Kier molecular flexibility index (Phi) is 3.32. The number of aromatic amines is 1. The number of ether oxygens (including phenoxy) is 1. The van der Waals surface area contributed by atoms with Crippen LogP contribution in [0.3, 0.4) is 0 Å². The average molecular weight is 263 g/mol. The normalized spacial score (nSPS) is 10.4. The smallest absolute Gasteiger partial charge is 0.360 e. The van der Waals surface area contributed by atoms with Crippen LogP contribution in [0.25, 0.3) is 5.82 Å². The molecule has 2 aromatic rings. The van der Waals surface area contributed by atoms with Crippen molar-refractivity contribution in [3.05, 3.63) is 34.0 Å². The molecule has 0 unspecified atom stereocenters. The molecular formula is C11H13N5O3. The average Bonchev–Trinajstić information content (AvgIpc) is 2.76. The van der Waals surface area contributed by atoms with Crippen LogP contribution in [0.2, 0.25) is 0 Å². The third-order valence-corrected chi connectivity index (χ3v) is 2.57. The molecule has 8 heteroatoms. The van der Waals surface area contributed by atoms with Crippen LogP contribution in [0.1, 0.15) is 23.2 Å². The van der Waals surface area contributed by atoms with Gasteiger partial charge in [-0.25, -0.2) is 14.9 Å². The number of aromatic nitrogens is 4. The maximum absolute atomic E-state index is 11.5. The number of aryl methyl sites for hydroxylation is 1. The highest BCUT2D eigenvalue weighted by Crippen LogP contribution is 2.19. The van der Waals surface area contributed by atoms with Gasteiger partial charge in [-0.2, -0.15) is 5.10 Å². The van der Waals surface area contributed by atoms with E-state index in [4.69, 9.17) is 5.73 Å². The highest BCUT2D eigenvalue weighted by molar-refractivity contribution is 5.92. The lowest BCUT2D eigenvalue weighted by Crippen LogP contribution is -2.13. The van der Waals surface area contributed by atoms with Crippen molar-refractivity contribution in [2.75, 3.05) is 12.8 Å². The van der Waals surface area contributed by atoms with Gasteiger partial charge in [0.15, 0.2) is 11.5 Å². The molecule has 2 aromatic heterocycles. The summed E-state index contributed by atoms with van der Waals surface area (Å²) in [5.41, 5.74) is 5.60. The number of carbonyl (C=O) groups excluding carboxylic acids is 1. The Bertz CT molecular complexity index is 653. The molecule has 2 heterocycles. The quantitative estimate of drug-likeness (QED) is 0.746. The first-order valence-corrected chi connectivity index (χ1v) is 5.60. The van der Waals surface area contributed by atoms with Gasteiger partial charge in [0, 0.05) is 12.5 Å². The standard InChI is InChI=1S/C11H13N5O3/c1-3-6-13-9(11(18)19-2)10(12)16(6)7-4-5-8(17)15-14-7/h4-5H,3,12H2,1-2H3,(H,15,17). The van der Waals surface area contributed by atoms with Crippen molar-refractivity contribution in [3.8, 4) is 5.82 Å². The predicted molar refractivity (Wildman–Crippen MR) is 67.1 cm³/mol. The van der Waals surface area contributed by atoms with Crippen LogP contribution in [-0.4, -0.2) is 32.8 Å². The summed E-state index contributed by atoms with van der Waals surface area (Å²) < 4.78 is 6.11. The van der Waals surface area contributed by atoms with Gasteiger partial charge in [0.2, 0.25) is 0 Å². The number of hydrogen-bond donors (Lipinski definition) is 2. The van der Waals surface area contributed by atoms with E-state index in [0.717, 1.165) is 0 Å². The van der Waals surface area contributed by atoms with Gasteiger partial charge >= 0.3 is 5.97 Å². The number of nitrogens with one attached hydrogen (secondary N) is 1. The van der Waals surface area contributed by atoms with Crippen molar-refractivity contribution in [1.82, 2.24) is 19.7 Å². The molecule has 0 aromatic carbocycles. The molecular weight excluding hydrogens is 250 g/mol. The van der Waals surface area contributed by atoms with Crippen LogP contribution in [0.5, 0.6) is 0 Å². The molecule has 0 amide bonds. The summed E-state index contributed by atoms with van der Waals surface area (Å²) in [6.45, 7) is 1.87. The minimum atomic E-state index is -0.615. The second-order valence-electron chi connectivity index (χ2n) is 3.72. The number of rotatable bonds is 3. The highest BCUT2D eigenvalue weighted by Gasteiger charge is 2.21. The third kappa shape index (κ3) is 2.19. The SMILES string of the molecule is CCc1nc(C(=O)OC)c(N)n1-c1ccc(=O)[nH]n1. The lowest BCUT2D eigenvalue weighted by atomic mass is 10.4. The van der Waals surface area contributed by atoms with E-state index in [2.05, 4.69) is 19.9 Å². The van der Waals surface area contributed by atoms with E-state index in [1.165, 1.54) is 23.8 Å². The fourth-order valence-electron chi connectivity index (χ4n) is 1.68. The second-order valence-corrected chi connectivity index (χ2v) is 3.72. The van der Waals surface area contributed by atoms with Crippen LogP contribution in [-0.2, 0) is 11.2 Å². The third-order valence-electron chi connectivity index (χ3n) is 2.57. The number of imidazole rings is 1. The highest BCUT2D eigenvalue weighted by atomic mass is 16.5. The molecule has 100 valence electrons. The van der Waals surface area contributed by atoms with E-state index in [1.807, 2.05) is 6.92 Å². The molecule has 19 heavy (non-hydrogen) atoms. The van der Waals surface area contributed by atoms with E-state index in [9.17, 15) is 9.59 Å². The lowest BCUT2D eigenvalue weighted by molar-refractivity contribution is 0.0596. The molecule has 8 nitrogen and oxygen atoms in total. The Morgan fingerprint density at radius 1 is 1.53 bits per heavy atom. The van der Waals surface area contributed by atoms with Crippen molar-refractivity contribution in [2.24, 2.45) is 0 Å². The van der Waals surface area contributed by atoms with Crippen molar-refractivity contribution >= 4 is 11.8 Å². The Hall–Kier alpha value is -2.64. The van der Waals surface area contributed by atoms with Crippen LogP contribution >= 0.6 is 0 Å². The summed E-state index contributed by atoms with van der Waals surface area (Å²) in [6, 6.07) is 2.82. The summed E-state index contributed by atoms with van der Waals surface area (Å²) in [4.78, 5) is 26.7. The zero-order valence-corrected chi connectivity index (χ0v) is 10.5. The summed E-state index contributed by atoms with van der Waals surface area (Å²) >= 11 is 0. The van der Waals surface area contributed by atoms with E-state index < -0.39 is 5.97 Å². The van der Waals surface area contributed by atoms with E-state index >= 15 is 0 Å². The van der Waals surface area contributed by atoms with Gasteiger partial charge in [0.25, 0.3) is 5.56 Å². The maximum Gasteiger partial charge on any atom is 0.360 e. The number of carbonyl (C=O) groups is 1. The summed E-state index contributed by atoms with van der Waals surface area (Å²) in [6.07, 6.45) is 0.544. The van der Waals surface area contributed by atoms with Gasteiger partial charge in [-0.05, 0) is 6.07 Å². The largest absolute Gasteiger partial charge is 0.464 e. The zero-order valence-electron chi connectivity index (χ0n) is 10.5. The summed E-state index contributed by atoms with van der Waals surface area (Å²) in [7, 11) is 1.25. The fourth-order valence-corrected chi connectivity index (χ4v) is 1.68. The summed E-state index contributed by atoms with van der Waals surface area (Å²) in [5, 5.41) is 6.17. The van der Waals surface area contributed by atoms with Gasteiger partial charge in [-0.15, -0.1) is 0 Å². The fraction of sp³-hybridized carbons (Fsp3) is 0.273. The minimum absolute atomic E-state index is 0.0346. The van der Waals surface area contributed by atoms with Gasteiger partial charge in [0.05, 0.1) is 7.11 Å². The molecule has 0 radical (unpaired) electrons. The number of anilines is 1. The molecule has 0 aliphatic heterocycles. The maximum atomic E-state index is 11.5. The van der Waals surface area contributed by atoms with Crippen LogP contribution in [0.15, 0.2) is 16.9 Å². The molecule has 0 aliphatic carbocycles. The Balaban J connectivity index is 2.62. The molecule has 3 N–H and O–H groups in total. The van der Waals surface area contributed by atoms with Crippen molar-refractivity contribution in [2.45, 2.75) is 13.3 Å². The van der Waals surface area contributed by atoms with Crippen molar-refractivity contribution in [3.63, 3.8) is 0 Å². The van der Waals surface area contributed by atoms with E-state index in [1.54, 1.807) is 0 Å². The van der Waals surface area contributed by atoms with Gasteiger partial charge in [-0.1, -0.05) is 6.92 Å². The van der Waals surface area contributed by atoms with Crippen LogP contribution in [0, 0.1) is 0 Å². The topological polar surface area (TPSA) is 116 Å². The minimum Gasteiger partial charge on any atom is -0.464 e. The predicted octanol–water partition coefficient (Wildman–Crippen LogP) is -0.113. The zero-order chi connectivity index (χ0) is 14.0. The first-order valence-electron chi connectivity index (χ1n) is 5.60. The van der Waals surface area contributed by atoms with E-state index in [-0.39, 0.29) is 17.1 Å². The Morgan fingerprint density at radius 3 is 2.79 bits per heavy atom. The van der Waals surface area contributed by atoms with Gasteiger partial charge in [0.1, 0.15) is 11.6 Å². The Morgan fingerprint density at radius 2 is 2.26 bits per heavy atom. The monoisotopic (exact) mass is 263 g/mol. The van der Waals surface area contributed by atoms with Crippen molar-refractivity contribution in [1.29, 1.82) is 0 Å². The number of H-pyrrole nitrogens is 1. The molecule has 0 aliphatic rings. The Labute approximate surface area is 108 Å². The van der Waals surface area contributed by atoms with Crippen molar-refractivity contribution < 1.29 is 9.53 Å². The molecule has 0 bridgehead atoms. The second kappa shape index (κ2) is 4.92. The molecule has 0 fully saturated rings. The molecule has 0 saturated heterocycles. The number of methoxy groups -OCH3 is 1. The van der Waals surface area contributed by atoms with Gasteiger partial charge < -0.3 is 10.5 Å². The number of nitrogens with zero attached hydrogens (tertiary/aromatic N) is 3. The molecule has 2 rings (SSSR count). The lowest BCUT2D eigenvalue weighted by Gasteiger charge is -2.06. The first kappa shape index (κ1) is 12.8. The number of esters is 1. The van der Waals surface area contributed by atoms with Gasteiger partial charge in [-0.3, -0.25) is 9.36 Å².